The van der Waals surface area contributed by atoms with Crippen molar-refractivity contribution in [1.82, 2.24) is 0 Å². The Bertz CT molecular complexity index is 298. The van der Waals surface area contributed by atoms with Crippen LogP contribution in [-0.2, 0) is 0 Å². The highest BCUT2D eigenvalue weighted by Crippen LogP contribution is 2.29. The summed E-state index contributed by atoms with van der Waals surface area (Å²) in [5.41, 5.74) is 6.63. The van der Waals surface area contributed by atoms with Crippen molar-refractivity contribution >= 4 is 23.7 Å². The summed E-state index contributed by atoms with van der Waals surface area (Å²) in [7, 11) is 0. The number of hydrogen-bond acceptors (Lipinski definition) is 2. The van der Waals surface area contributed by atoms with Gasteiger partial charge in [-0.3, -0.25) is 0 Å². The topological polar surface area (TPSA) is 26.0 Å². The van der Waals surface area contributed by atoms with Crippen LogP contribution < -0.4 is 5.73 Å². The van der Waals surface area contributed by atoms with Gasteiger partial charge in [0, 0.05) is 17.3 Å². The number of aryl methyl sites for hydroxylation is 1. The minimum atomic E-state index is -4.11. The third-order valence-corrected chi connectivity index (χ3v) is 3.13. The molecule has 0 fully saturated rings. The zero-order chi connectivity index (χ0) is 10.8. The van der Waals surface area contributed by atoms with Gasteiger partial charge in [0.1, 0.15) is 0 Å². The summed E-state index contributed by atoms with van der Waals surface area (Å²) >= 11 is 1.42. The van der Waals surface area contributed by atoms with Gasteiger partial charge in [0.25, 0.3) is 0 Å². The lowest BCUT2D eigenvalue weighted by Gasteiger charge is -2.12. The first-order valence-corrected chi connectivity index (χ1v) is 5.14. The quantitative estimate of drug-likeness (QED) is 0.877. The van der Waals surface area contributed by atoms with E-state index in [0.717, 1.165) is 10.4 Å². The van der Waals surface area contributed by atoms with E-state index in [0.29, 0.717) is 0 Å². The Morgan fingerprint density at radius 2 is 2.07 bits per heavy atom. The fourth-order valence-corrected chi connectivity index (χ4v) is 2.18. The van der Waals surface area contributed by atoms with Crippen LogP contribution in [0.1, 0.15) is 29.3 Å². The Labute approximate surface area is 96.9 Å². The van der Waals surface area contributed by atoms with Gasteiger partial charge in [0.05, 0.1) is 0 Å². The molecule has 15 heavy (non-hydrogen) atoms. The first kappa shape index (κ1) is 14.7. The lowest BCUT2D eigenvalue weighted by atomic mass is 10.1. The third-order valence-electron chi connectivity index (χ3n) is 1.98. The third kappa shape index (κ3) is 4.86. The van der Waals surface area contributed by atoms with Crippen molar-refractivity contribution in [3.05, 3.63) is 21.9 Å². The van der Waals surface area contributed by atoms with E-state index >= 15 is 0 Å². The molecular formula is C9H13ClF3NS. The zero-order valence-electron chi connectivity index (χ0n) is 8.17. The summed E-state index contributed by atoms with van der Waals surface area (Å²) < 4.78 is 35.7. The van der Waals surface area contributed by atoms with Crippen LogP contribution in [0.4, 0.5) is 13.2 Å². The highest BCUT2D eigenvalue weighted by Gasteiger charge is 2.28. The van der Waals surface area contributed by atoms with Gasteiger partial charge in [0.15, 0.2) is 0 Å². The van der Waals surface area contributed by atoms with Gasteiger partial charge >= 0.3 is 6.18 Å². The van der Waals surface area contributed by atoms with Gasteiger partial charge in [0.2, 0.25) is 0 Å². The molecule has 0 aliphatic heterocycles. The predicted octanol–water partition coefficient (Wildman–Crippen LogP) is 3.82. The van der Waals surface area contributed by atoms with Crippen LogP contribution in [0.15, 0.2) is 11.4 Å². The van der Waals surface area contributed by atoms with Gasteiger partial charge in [-0.1, -0.05) is 0 Å². The lowest BCUT2D eigenvalue weighted by Crippen LogP contribution is -2.15. The molecule has 1 rings (SSSR count). The molecule has 1 atom stereocenters. The molecule has 1 heterocycles. The van der Waals surface area contributed by atoms with E-state index in [-0.39, 0.29) is 18.8 Å². The first-order valence-electron chi connectivity index (χ1n) is 4.26. The lowest BCUT2D eigenvalue weighted by molar-refractivity contribution is -0.136. The number of thiophene rings is 1. The molecule has 0 radical (unpaired) electrons. The van der Waals surface area contributed by atoms with E-state index in [1.807, 2.05) is 18.4 Å². The summed E-state index contributed by atoms with van der Waals surface area (Å²) in [6, 6.07) is 1.38. The van der Waals surface area contributed by atoms with E-state index < -0.39 is 18.6 Å². The summed E-state index contributed by atoms with van der Waals surface area (Å²) in [5, 5.41) is 1.85. The molecule has 1 aromatic heterocycles. The molecule has 1 aromatic rings. The molecular weight excluding hydrogens is 247 g/mol. The molecule has 0 amide bonds. The molecule has 0 saturated carbocycles. The van der Waals surface area contributed by atoms with Gasteiger partial charge in [-0.2, -0.15) is 13.2 Å². The second kappa shape index (κ2) is 5.72. The minimum absolute atomic E-state index is 0. The minimum Gasteiger partial charge on any atom is -0.323 e. The van der Waals surface area contributed by atoms with Crippen molar-refractivity contribution in [3.63, 3.8) is 0 Å². The van der Waals surface area contributed by atoms with Crippen molar-refractivity contribution in [2.45, 2.75) is 32.0 Å². The molecule has 6 heteroatoms. The van der Waals surface area contributed by atoms with Crippen LogP contribution in [0.5, 0.6) is 0 Å². The molecule has 2 N–H and O–H groups in total. The van der Waals surface area contributed by atoms with Crippen molar-refractivity contribution < 1.29 is 13.2 Å². The van der Waals surface area contributed by atoms with Crippen LogP contribution in [0, 0.1) is 6.92 Å². The maximum Gasteiger partial charge on any atom is 0.389 e. The normalized spacial score (nSPS) is 13.4. The summed E-state index contributed by atoms with van der Waals surface area (Å²) in [6.07, 6.45) is -4.96. The fraction of sp³-hybridized carbons (Fsp3) is 0.556. The Hall–Kier alpha value is -0.260. The van der Waals surface area contributed by atoms with Crippen molar-refractivity contribution in [1.29, 1.82) is 0 Å². The highest BCUT2D eigenvalue weighted by molar-refractivity contribution is 7.10. The standard InChI is InChI=1S/C9H12F3NS.ClH/c1-6-3-5-14-8(6)7(13)2-4-9(10,11)12;/h3,5,7H,2,4,13H2,1H3;1H/t7-;/m1./s1. The Morgan fingerprint density at radius 3 is 2.47 bits per heavy atom. The molecule has 0 aliphatic rings. The first-order chi connectivity index (χ1) is 6.40. The summed E-state index contributed by atoms with van der Waals surface area (Å²) in [4.78, 5) is 0.856. The highest BCUT2D eigenvalue weighted by atomic mass is 35.5. The van der Waals surface area contributed by atoms with E-state index in [9.17, 15) is 13.2 Å². The van der Waals surface area contributed by atoms with Crippen molar-refractivity contribution in [2.24, 2.45) is 5.73 Å². The van der Waals surface area contributed by atoms with Crippen molar-refractivity contribution in [2.75, 3.05) is 0 Å². The number of halogens is 4. The molecule has 1 nitrogen and oxygen atoms in total. The molecule has 0 bridgehead atoms. The van der Waals surface area contributed by atoms with Crippen LogP contribution >= 0.6 is 23.7 Å². The van der Waals surface area contributed by atoms with E-state index in [1.54, 1.807) is 0 Å². The van der Waals surface area contributed by atoms with Gasteiger partial charge in [-0.25, -0.2) is 0 Å². The van der Waals surface area contributed by atoms with Crippen molar-refractivity contribution in [3.8, 4) is 0 Å². The number of alkyl halides is 3. The maximum absolute atomic E-state index is 11.9. The summed E-state index contributed by atoms with van der Waals surface area (Å²) in [6.45, 7) is 1.86. The zero-order valence-corrected chi connectivity index (χ0v) is 9.81. The van der Waals surface area contributed by atoms with Crippen LogP contribution in [0.3, 0.4) is 0 Å². The number of hydrogen-bond donors (Lipinski definition) is 1. The average Bonchev–Trinajstić information content (AvgIpc) is 2.46. The SMILES string of the molecule is Cc1ccsc1[C@H](N)CCC(F)(F)F.Cl. The van der Waals surface area contributed by atoms with Gasteiger partial charge in [-0.15, -0.1) is 23.7 Å². The molecule has 0 aliphatic carbocycles. The molecule has 0 saturated heterocycles. The van der Waals surface area contributed by atoms with E-state index in [2.05, 4.69) is 0 Å². The van der Waals surface area contributed by atoms with Crippen LogP contribution in [-0.4, -0.2) is 6.18 Å². The largest absolute Gasteiger partial charge is 0.389 e. The van der Waals surface area contributed by atoms with Crippen LogP contribution in [0.2, 0.25) is 0 Å². The fourth-order valence-electron chi connectivity index (χ4n) is 1.21. The van der Waals surface area contributed by atoms with E-state index in [1.165, 1.54) is 11.3 Å². The van der Waals surface area contributed by atoms with Gasteiger partial charge in [-0.05, 0) is 30.4 Å². The molecule has 0 spiro atoms. The Balaban J connectivity index is 0.00000196. The molecule has 88 valence electrons. The predicted molar refractivity (Wildman–Crippen MR) is 58.5 cm³/mol. The number of nitrogens with two attached hydrogens (primary N) is 1. The molecule has 0 aromatic carbocycles. The van der Waals surface area contributed by atoms with Crippen LogP contribution in [0.25, 0.3) is 0 Å². The van der Waals surface area contributed by atoms with Gasteiger partial charge < -0.3 is 5.73 Å². The Kier molecular flexibility index (Phi) is 5.62. The maximum atomic E-state index is 11.9. The monoisotopic (exact) mass is 259 g/mol. The summed E-state index contributed by atoms with van der Waals surface area (Å²) in [5.74, 6) is 0. The average molecular weight is 260 g/mol. The second-order valence-corrected chi connectivity index (χ2v) is 4.18. The smallest absolute Gasteiger partial charge is 0.323 e. The molecule has 0 unspecified atom stereocenters. The van der Waals surface area contributed by atoms with E-state index in [4.69, 9.17) is 5.73 Å². The number of rotatable bonds is 3. The second-order valence-electron chi connectivity index (χ2n) is 3.23. The Morgan fingerprint density at radius 1 is 1.47 bits per heavy atom.